The van der Waals surface area contributed by atoms with Gasteiger partial charge in [-0.25, -0.2) is 0 Å². The van der Waals surface area contributed by atoms with E-state index < -0.39 is 5.56 Å². The van der Waals surface area contributed by atoms with Gasteiger partial charge in [0.1, 0.15) is 16.7 Å². The fraction of sp³-hybridized carbons (Fsp3) is 0. The summed E-state index contributed by atoms with van der Waals surface area (Å²) in [5, 5.41) is 19.5. The van der Waals surface area contributed by atoms with Crippen LogP contribution >= 0.6 is 27.5 Å². The molecule has 3 aromatic rings. The molecular weight excluding hydrogens is 358 g/mol. The third kappa shape index (κ3) is 2.11. The molecule has 0 saturated heterocycles. The van der Waals surface area contributed by atoms with E-state index in [4.69, 9.17) is 16.9 Å². The molecule has 2 heterocycles. The zero-order valence-electron chi connectivity index (χ0n) is 10.4. The molecule has 0 saturated carbocycles. The van der Waals surface area contributed by atoms with Crippen LogP contribution in [-0.4, -0.2) is 14.7 Å². The molecular formula is C14H7BrClN3O2. The Balaban J connectivity index is 2.43. The number of rotatable bonds is 1. The first kappa shape index (κ1) is 13.7. The second-order valence-electron chi connectivity index (χ2n) is 4.33. The smallest absolute Gasteiger partial charge is 0.270 e. The van der Waals surface area contributed by atoms with E-state index in [9.17, 15) is 9.90 Å². The molecule has 21 heavy (non-hydrogen) atoms. The van der Waals surface area contributed by atoms with Crippen molar-refractivity contribution in [2.75, 3.05) is 0 Å². The molecule has 0 aliphatic heterocycles. The van der Waals surface area contributed by atoms with Crippen LogP contribution in [0.5, 0.6) is 5.75 Å². The number of H-pyrrole nitrogens is 1. The Labute approximate surface area is 132 Å². The lowest BCUT2D eigenvalue weighted by Crippen LogP contribution is -2.10. The van der Waals surface area contributed by atoms with Crippen molar-refractivity contribution >= 4 is 38.6 Å². The Hall–Kier alpha value is -2.23. The van der Waals surface area contributed by atoms with E-state index in [0.29, 0.717) is 21.9 Å². The van der Waals surface area contributed by atoms with Gasteiger partial charge in [-0.3, -0.25) is 9.36 Å². The van der Waals surface area contributed by atoms with E-state index in [1.807, 2.05) is 12.1 Å². The quantitative estimate of drug-likeness (QED) is 0.695. The van der Waals surface area contributed by atoms with Crippen LogP contribution in [0, 0.1) is 11.3 Å². The van der Waals surface area contributed by atoms with E-state index in [-0.39, 0.29) is 11.3 Å². The Bertz CT molecular complexity index is 951. The molecule has 2 aromatic heterocycles. The van der Waals surface area contributed by atoms with Crippen LogP contribution in [0.2, 0.25) is 5.15 Å². The van der Waals surface area contributed by atoms with Crippen LogP contribution in [0.15, 0.2) is 39.6 Å². The molecule has 5 nitrogen and oxygen atoms in total. The first-order valence-corrected chi connectivity index (χ1v) is 7.02. The topological polar surface area (TPSA) is 81.8 Å². The summed E-state index contributed by atoms with van der Waals surface area (Å²) in [7, 11) is 0. The molecule has 0 spiro atoms. The van der Waals surface area contributed by atoms with Gasteiger partial charge in [-0.05, 0) is 30.3 Å². The Morgan fingerprint density at radius 3 is 2.62 bits per heavy atom. The maximum atomic E-state index is 11.7. The monoisotopic (exact) mass is 363 g/mol. The van der Waals surface area contributed by atoms with Crippen LogP contribution in [0.1, 0.15) is 5.56 Å². The zero-order chi connectivity index (χ0) is 15.1. The number of benzene rings is 1. The van der Waals surface area contributed by atoms with Crippen molar-refractivity contribution in [1.29, 1.82) is 5.26 Å². The molecule has 0 atom stereocenters. The van der Waals surface area contributed by atoms with Crippen molar-refractivity contribution in [3.63, 3.8) is 0 Å². The second-order valence-corrected chi connectivity index (χ2v) is 5.63. The van der Waals surface area contributed by atoms with Crippen LogP contribution in [0.3, 0.4) is 0 Å². The molecule has 0 unspecified atom stereocenters. The second kappa shape index (κ2) is 4.95. The highest BCUT2D eigenvalue weighted by Gasteiger charge is 2.18. The third-order valence-corrected chi connectivity index (χ3v) is 3.90. The Morgan fingerprint density at radius 2 is 2.00 bits per heavy atom. The van der Waals surface area contributed by atoms with E-state index >= 15 is 0 Å². The first-order chi connectivity index (χ1) is 10.0. The summed E-state index contributed by atoms with van der Waals surface area (Å²) in [6.45, 7) is 0. The highest BCUT2D eigenvalue weighted by Crippen LogP contribution is 2.33. The molecule has 0 amide bonds. The van der Waals surface area contributed by atoms with Gasteiger partial charge in [0.25, 0.3) is 5.56 Å². The lowest BCUT2D eigenvalue weighted by atomic mass is 10.2. The fourth-order valence-corrected chi connectivity index (χ4v) is 2.72. The number of hydrogen-bond acceptors (Lipinski definition) is 3. The maximum Gasteiger partial charge on any atom is 0.270 e. The Morgan fingerprint density at radius 1 is 1.33 bits per heavy atom. The van der Waals surface area contributed by atoms with Crippen molar-refractivity contribution < 1.29 is 5.11 Å². The van der Waals surface area contributed by atoms with Crippen LogP contribution in [0.4, 0.5) is 0 Å². The minimum absolute atomic E-state index is 0.290. The van der Waals surface area contributed by atoms with E-state index in [1.54, 1.807) is 22.8 Å². The predicted molar refractivity (Wildman–Crippen MR) is 83.0 cm³/mol. The molecule has 1 aromatic carbocycles. The predicted octanol–water partition coefficient (Wildman–Crippen LogP) is 3.31. The molecule has 0 aliphatic rings. The van der Waals surface area contributed by atoms with Crippen molar-refractivity contribution in [3.05, 3.63) is 55.9 Å². The summed E-state index contributed by atoms with van der Waals surface area (Å²) in [5.41, 5.74) is 0.370. The number of nitrogens with one attached hydrogen (secondary N) is 1. The van der Waals surface area contributed by atoms with Gasteiger partial charge in [-0.1, -0.05) is 27.5 Å². The van der Waals surface area contributed by atoms with Gasteiger partial charge in [-0.2, -0.15) is 5.26 Å². The molecule has 104 valence electrons. The molecule has 0 radical (unpaired) electrons. The first-order valence-electron chi connectivity index (χ1n) is 5.85. The van der Waals surface area contributed by atoms with E-state index in [2.05, 4.69) is 20.9 Å². The largest absolute Gasteiger partial charge is 0.504 e. The normalized spacial score (nSPS) is 10.7. The number of nitrogens with zero attached hydrogens (tertiary/aromatic N) is 2. The number of hydrogen-bond donors (Lipinski definition) is 2. The fourth-order valence-electron chi connectivity index (χ4n) is 2.17. The van der Waals surface area contributed by atoms with Crippen molar-refractivity contribution in [3.8, 4) is 17.5 Å². The molecule has 3 rings (SSSR count). The summed E-state index contributed by atoms with van der Waals surface area (Å²) in [4.78, 5) is 14.2. The SMILES string of the molecule is N#Cc1c(O)c2c(cc(Cl)n2-c2ccc(Br)cc2)[nH]c1=O. The van der Waals surface area contributed by atoms with Gasteiger partial charge in [0.2, 0.25) is 0 Å². The lowest BCUT2D eigenvalue weighted by molar-refractivity contribution is 0.476. The van der Waals surface area contributed by atoms with E-state index in [0.717, 1.165) is 4.47 Å². The van der Waals surface area contributed by atoms with Gasteiger partial charge in [-0.15, -0.1) is 0 Å². The van der Waals surface area contributed by atoms with Gasteiger partial charge in [0.05, 0.1) is 5.52 Å². The summed E-state index contributed by atoms with van der Waals surface area (Å²) < 4.78 is 2.46. The van der Waals surface area contributed by atoms with Crippen LogP contribution in [0.25, 0.3) is 16.7 Å². The van der Waals surface area contributed by atoms with Crippen molar-refractivity contribution in [2.24, 2.45) is 0 Å². The highest BCUT2D eigenvalue weighted by molar-refractivity contribution is 9.10. The number of aromatic amines is 1. The van der Waals surface area contributed by atoms with Gasteiger partial charge in [0.15, 0.2) is 11.3 Å². The molecule has 7 heteroatoms. The van der Waals surface area contributed by atoms with Gasteiger partial charge in [0, 0.05) is 10.2 Å². The number of nitriles is 1. The van der Waals surface area contributed by atoms with Gasteiger partial charge < -0.3 is 10.1 Å². The molecule has 0 bridgehead atoms. The summed E-state index contributed by atoms with van der Waals surface area (Å²) in [5.74, 6) is -0.383. The number of fused-ring (bicyclic) bond motifs is 1. The summed E-state index contributed by atoms with van der Waals surface area (Å²) in [6, 6.07) is 10.5. The maximum absolute atomic E-state index is 11.7. The number of halogens is 2. The minimum atomic E-state index is -0.646. The van der Waals surface area contributed by atoms with Crippen molar-refractivity contribution in [1.82, 2.24) is 9.55 Å². The molecule has 0 aliphatic carbocycles. The van der Waals surface area contributed by atoms with Crippen LogP contribution < -0.4 is 5.56 Å². The average molecular weight is 365 g/mol. The van der Waals surface area contributed by atoms with Gasteiger partial charge >= 0.3 is 0 Å². The number of aromatic nitrogens is 2. The van der Waals surface area contributed by atoms with Crippen LogP contribution in [-0.2, 0) is 0 Å². The minimum Gasteiger partial charge on any atom is -0.504 e. The summed E-state index contributed by atoms with van der Waals surface area (Å²) in [6.07, 6.45) is 0. The molecule has 0 fully saturated rings. The summed E-state index contributed by atoms with van der Waals surface area (Å²) >= 11 is 9.54. The third-order valence-electron chi connectivity index (χ3n) is 3.09. The number of pyridine rings is 1. The van der Waals surface area contributed by atoms with E-state index in [1.165, 1.54) is 6.07 Å². The lowest BCUT2D eigenvalue weighted by Gasteiger charge is -2.08. The highest BCUT2D eigenvalue weighted by atomic mass is 79.9. The molecule has 2 N–H and O–H groups in total. The number of aromatic hydroxyl groups is 1. The standard InChI is InChI=1S/C14H7BrClN3O2/c15-7-1-3-8(4-2-7)19-11(16)5-10-12(19)13(20)9(6-17)14(21)18-10/h1-5H,(H2,18,20,21). The average Bonchev–Trinajstić information content (AvgIpc) is 2.76. The Kier molecular flexibility index (Phi) is 3.24. The van der Waals surface area contributed by atoms with Crippen molar-refractivity contribution in [2.45, 2.75) is 0 Å². The zero-order valence-corrected chi connectivity index (χ0v) is 12.7.